The van der Waals surface area contributed by atoms with Gasteiger partial charge in [0.05, 0.1) is 23.4 Å². The van der Waals surface area contributed by atoms with Crippen molar-refractivity contribution in [2.45, 2.75) is 32.6 Å². The van der Waals surface area contributed by atoms with Gasteiger partial charge >= 0.3 is 6.09 Å². The Kier molecular flexibility index (Phi) is 7.85. The summed E-state index contributed by atoms with van der Waals surface area (Å²) in [7, 11) is 0. The quantitative estimate of drug-likeness (QED) is 0.497. The average molecular weight is 532 g/mol. The van der Waals surface area contributed by atoms with E-state index in [1.54, 1.807) is 52.1 Å². The molecule has 3 aromatic heterocycles. The molecule has 0 radical (unpaired) electrons. The van der Waals surface area contributed by atoms with Crippen LogP contribution in [0.2, 0.25) is 0 Å². The van der Waals surface area contributed by atoms with Gasteiger partial charge in [0, 0.05) is 69.5 Å². The van der Waals surface area contributed by atoms with Crippen molar-refractivity contribution in [3.8, 4) is 5.82 Å². The number of piperazine rings is 1. The van der Waals surface area contributed by atoms with E-state index < -0.39 is 0 Å². The van der Waals surface area contributed by atoms with Crippen molar-refractivity contribution in [1.82, 2.24) is 34.4 Å². The number of carbonyl (C=O) groups is 3. The third-order valence-corrected chi connectivity index (χ3v) is 7.29. The highest BCUT2D eigenvalue weighted by Gasteiger charge is 2.31. The maximum absolute atomic E-state index is 13.5. The Bertz CT molecular complexity index is 1310. The molecule has 0 spiro atoms. The molecule has 3 aromatic rings. The average Bonchev–Trinajstić information content (AvgIpc) is 3.52. The molecule has 2 saturated heterocycles. The molecular formula is C28H33N7O4. The van der Waals surface area contributed by atoms with Gasteiger partial charge in [0.1, 0.15) is 0 Å². The van der Waals surface area contributed by atoms with Crippen molar-refractivity contribution in [2.24, 2.45) is 0 Å². The molecule has 11 heteroatoms. The van der Waals surface area contributed by atoms with Crippen molar-refractivity contribution in [3.05, 3.63) is 71.4 Å². The molecule has 2 aliphatic heterocycles. The number of nitrogens with zero attached hydrogens (tertiary/aromatic N) is 7. The lowest BCUT2D eigenvalue weighted by atomic mass is 9.89. The Morgan fingerprint density at radius 3 is 2.28 bits per heavy atom. The highest BCUT2D eigenvalue weighted by molar-refractivity contribution is 5.96. The fourth-order valence-electron chi connectivity index (χ4n) is 5.14. The first-order valence-corrected chi connectivity index (χ1v) is 13.4. The highest BCUT2D eigenvalue weighted by Crippen LogP contribution is 2.31. The zero-order valence-electron chi connectivity index (χ0n) is 22.3. The number of piperidine rings is 1. The number of amides is 3. The van der Waals surface area contributed by atoms with Gasteiger partial charge in [-0.05, 0) is 57.0 Å². The van der Waals surface area contributed by atoms with E-state index in [1.807, 2.05) is 30.0 Å². The van der Waals surface area contributed by atoms with Crippen molar-refractivity contribution in [3.63, 3.8) is 0 Å². The monoisotopic (exact) mass is 531 g/mol. The van der Waals surface area contributed by atoms with Gasteiger partial charge in [0.15, 0.2) is 5.82 Å². The lowest BCUT2D eigenvalue weighted by molar-refractivity contribution is 0.0567. The Balaban J connectivity index is 1.22. The van der Waals surface area contributed by atoms with E-state index in [1.165, 1.54) is 0 Å². The van der Waals surface area contributed by atoms with Crippen LogP contribution < -0.4 is 0 Å². The molecule has 0 saturated carbocycles. The minimum Gasteiger partial charge on any atom is -0.450 e. The molecular weight excluding hydrogens is 498 g/mol. The predicted molar refractivity (Wildman–Crippen MR) is 143 cm³/mol. The molecule has 0 atom stereocenters. The van der Waals surface area contributed by atoms with Crippen molar-refractivity contribution in [2.75, 3.05) is 45.9 Å². The van der Waals surface area contributed by atoms with Gasteiger partial charge < -0.3 is 19.4 Å². The third kappa shape index (κ3) is 5.76. The first kappa shape index (κ1) is 26.3. The van der Waals surface area contributed by atoms with Crippen LogP contribution in [-0.4, -0.2) is 98.2 Å². The van der Waals surface area contributed by atoms with E-state index in [0.717, 1.165) is 24.2 Å². The van der Waals surface area contributed by atoms with E-state index in [4.69, 9.17) is 9.72 Å². The highest BCUT2D eigenvalue weighted by atomic mass is 16.6. The summed E-state index contributed by atoms with van der Waals surface area (Å²) in [5.74, 6) is 0.609. The summed E-state index contributed by atoms with van der Waals surface area (Å²) in [6.45, 7) is 6.97. The van der Waals surface area contributed by atoms with Gasteiger partial charge in [-0.3, -0.25) is 14.6 Å². The standard InChI is InChI=1S/C28H33N7O4/c1-3-39-28(38)34-17-15-33(16-18-34)27(37)23-7-5-20(2)31-25(23)21-9-13-32(14-10-21)26(36)22-6-8-24(29-19-22)35-12-4-11-30-35/h4-8,11-12,19,21H,3,9-10,13-18H2,1-2H3. The molecule has 0 N–H and O–H groups in total. The Labute approximate surface area is 227 Å². The van der Waals surface area contributed by atoms with Crippen LogP contribution in [0.3, 0.4) is 0 Å². The second-order valence-corrected chi connectivity index (χ2v) is 9.79. The molecule has 204 valence electrons. The molecule has 0 aromatic carbocycles. The van der Waals surface area contributed by atoms with Gasteiger partial charge in [0.2, 0.25) is 0 Å². The number of rotatable bonds is 5. The molecule has 39 heavy (non-hydrogen) atoms. The van der Waals surface area contributed by atoms with Crippen LogP contribution in [-0.2, 0) is 4.74 Å². The number of likely N-dealkylation sites (tertiary alicyclic amines) is 1. The summed E-state index contributed by atoms with van der Waals surface area (Å²) < 4.78 is 6.73. The number of aryl methyl sites for hydroxylation is 1. The number of hydrogen-bond donors (Lipinski definition) is 0. The van der Waals surface area contributed by atoms with Crippen molar-refractivity contribution >= 4 is 17.9 Å². The van der Waals surface area contributed by atoms with Crippen LogP contribution in [0.4, 0.5) is 4.79 Å². The summed E-state index contributed by atoms with van der Waals surface area (Å²) in [5, 5.41) is 4.17. The zero-order chi connectivity index (χ0) is 27.4. The second kappa shape index (κ2) is 11.6. The SMILES string of the molecule is CCOC(=O)N1CCN(C(=O)c2ccc(C)nc2C2CCN(C(=O)c3ccc(-n4cccn4)nc3)CC2)CC1. The molecule has 0 bridgehead atoms. The molecule has 5 heterocycles. The maximum Gasteiger partial charge on any atom is 0.409 e. The second-order valence-electron chi connectivity index (χ2n) is 9.79. The Morgan fingerprint density at radius 1 is 0.923 bits per heavy atom. The topological polar surface area (TPSA) is 114 Å². The normalized spacial score (nSPS) is 16.3. The zero-order valence-corrected chi connectivity index (χ0v) is 22.3. The number of hydrogen-bond acceptors (Lipinski definition) is 7. The van der Waals surface area contributed by atoms with Gasteiger partial charge in [-0.2, -0.15) is 5.10 Å². The van der Waals surface area contributed by atoms with Gasteiger partial charge in [0.25, 0.3) is 11.8 Å². The number of pyridine rings is 2. The smallest absolute Gasteiger partial charge is 0.409 e. The summed E-state index contributed by atoms with van der Waals surface area (Å²) in [5.41, 5.74) is 2.80. The number of aromatic nitrogens is 4. The Hall–Kier alpha value is -4.28. The van der Waals surface area contributed by atoms with Gasteiger partial charge in [-0.25, -0.2) is 14.5 Å². The number of carbonyl (C=O) groups excluding carboxylic acids is 3. The molecule has 0 aliphatic carbocycles. The van der Waals surface area contributed by atoms with E-state index in [-0.39, 0.29) is 23.8 Å². The fraction of sp³-hybridized carbons (Fsp3) is 0.429. The molecule has 0 unspecified atom stereocenters. The van der Waals surface area contributed by atoms with Crippen molar-refractivity contribution in [1.29, 1.82) is 0 Å². The first-order chi connectivity index (χ1) is 18.9. The van der Waals surface area contributed by atoms with Crippen LogP contribution in [0, 0.1) is 6.92 Å². The van der Waals surface area contributed by atoms with Crippen LogP contribution in [0.15, 0.2) is 48.9 Å². The first-order valence-electron chi connectivity index (χ1n) is 13.4. The largest absolute Gasteiger partial charge is 0.450 e. The molecule has 3 amide bonds. The van der Waals surface area contributed by atoms with Gasteiger partial charge in [-0.1, -0.05) is 0 Å². The maximum atomic E-state index is 13.5. The Morgan fingerprint density at radius 2 is 1.64 bits per heavy atom. The summed E-state index contributed by atoms with van der Waals surface area (Å²) in [4.78, 5) is 53.1. The predicted octanol–water partition coefficient (Wildman–Crippen LogP) is 2.90. The van der Waals surface area contributed by atoms with Crippen LogP contribution in [0.1, 0.15) is 57.8 Å². The summed E-state index contributed by atoms with van der Waals surface area (Å²) >= 11 is 0. The van der Waals surface area contributed by atoms with Crippen LogP contribution >= 0.6 is 0 Å². The summed E-state index contributed by atoms with van der Waals surface area (Å²) in [6, 6.07) is 9.11. The minimum absolute atomic E-state index is 0.0547. The molecule has 2 fully saturated rings. The molecule has 11 nitrogen and oxygen atoms in total. The van der Waals surface area contributed by atoms with Crippen LogP contribution in [0.5, 0.6) is 0 Å². The van der Waals surface area contributed by atoms with Crippen molar-refractivity contribution < 1.29 is 19.1 Å². The van der Waals surface area contributed by atoms with Gasteiger partial charge in [-0.15, -0.1) is 0 Å². The molecule has 5 rings (SSSR count). The lowest BCUT2D eigenvalue weighted by Gasteiger charge is -2.35. The minimum atomic E-state index is -0.340. The lowest BCUT2D eigenvalue weighted by Crippen LogP contribution is -2.51. The fourth-order valence-corrected chi connectivity index (χ4v) is 5.14. The van der Waals surface area contributed by atoms with E-state index in [0.29, 0.717) is 62.8 Å². The third-order valence-electron chi connectivity index (χ3n) is 7.29. The molecule has 2 aliphatic rings. The van der Waals surface area contributed by atoms with E-state index in [9.17, 15) is 14.4 Å². The van der Waals surface area contributed by atoms with Crippen LogP contribution in [0.25, 0.3) is 5.82 Å². The van der Waals surface area contributed by atoms with E-state index in [2.05, 4.69) is 10.1 Å². The number of ether oxygens (including phenoxy) is 1. The van der Waals surface area contributed by atoms with E-state index >= 15 is 0 Å². The summed E-state index contributed by atoms with van der Waals surface area (Å²) in [6.07, 6.45) is 6.17.